The quantitative estimate of drug-likeness (QED) is 0.588. The number of imide groups is 1. The van der Waals surface area contributed by atoms with Crippen molar-refractivity contribution < 1.29 is 19.1 Å². The van der Waals surface area contributed by atoms with E-state index in [1.54, 1.807) is 61.5 Å². The van der Waals surface area contributed by atoms with Crippen molar-refractivity contribution in [3.63, 3.8) is 0 Å². The van der Waals surface area contributed by atoms with Gasteiger partial charge in [0.1, 0.15) is 0 Å². The Morgan fingerprint density at radius 3 is 2.41 bits per heavy atom. The van der Waals surface area contributed by atoms with Crippen LogP contribution < -0.4 is 10.6 Å². The predicted molar refractivity (Wildman–Crippen MR) is 103 cm³/mol. The van der Waals surface area contributed by atoms with Gasteiger partial charge in [-0.25, -0.2) is 9.59 Å². The highest BCUT2D eigenvalue weighted by Crippen LogP contribution is 2.19. The zero-order valence-electron chi connectivity index (χ0n) is 14.6. The number of ether oxygens (including phenoxy) is 1. The average molecular weight is 387 g/mol. The number of hydrogen-bond acceptors (Lipinski definition) is 4. The summed E-state index contributed by atoms with van der Waals surface area (Å²) in [5.41, 5.74) is 1.08. The van der Waals surface area contributed by atoms with E-state index < -0.39 is 24.0 Å². The number of hydrogen-bond donors (Lipinski definition) is 2. The number of carbonyl (C=O) groups is 3. The van der Waals surface area contributed by atoms with E-state index in [2.05, 4.69) is 10.6 Å². The Hall–Kier alpha value is -3.12. The van der Waals surface area contributed by atoms with Crippen LogP contribution in [0, 0.1) is 0 Å². The molecule has 1 atom stereocenters. The Labute approximate surface area is 162 Å². The van der Waals surface area contributed by atoms with E-state index in [1.165, 1.54) is 12.2 Å². The molecule has 2 aromatic rings. The van der Waals surface area contributed by atoms with Gasteiger partial charge in [-0.1, -0.05) is 60.1 Å². The molecule has 27 heavy (non-hydrogen) atoms. The van der Waals surface area contributed by atoms with Gasteiger partial charge >= 0.3 is 12.0 Å². The van der Waals surface area contributed by atoms with Crippen LogP contribution in [0.1, 0.15) is 24.2 Å². The van der Waals surface area contributed by atoms with Gasteiger partial charge in [0.05, 0.1) is 0 Å². The molecule has 6 nitrogen and oxygen atoms in total. The van der Waals surface area contributed by atoms with E-state index in [0.29, 0.717) is 22.7 Å². The highest BCUT2D eigenvalue weighted by atomic mass is 35.5. The van der Waals surface area contributed by atoms with Gasteiger partial charge in [0.15, 0.2) is 0 Å². The molecule has 0 aromatic heterocycles. The summed E-state index contributed by atoms with van der Waals surface area (Å²) in [6.45, 7) is 2.08. The number of rotatable bonds is 6. The zero-order chi connectivity index (χ0) is 19.6. The van der Waals surface area contributed by atoms with Crippen LogP contribution in [-0.2, 0) is 14.3 Å². The third-order valence-electron chi connectivity index (χ3n) is 3.45. The van der Waals surface area contributed by atoms with Gasteiger partial charge in [0, 0.05) is 23.2 Å². The summed E-state index contributed by atoms with van der Waals surface area (Å²) in [6.07, 6.45) is 1.41. The second-order valence-electron chi connectivity index (χ2n) is 5.43. The maximum Gasteiger partial charge on any atom is 0.331 e. The summed E-state index contributed by atoms with van der Waals surface area (Å²) in [5, 5.41) is 5.09. The Balaban J connectivity index is 2.14. The molecule has 0 fully saturated rings. The minimum absolute atomic E-state index is 0.357. The molecule has 2 rings (SSSR count). The molecule has 0 saturated heterocycles. The number of benzene rings is 2. The van der Waals surface area contributed by atoms with E-state index in [0.717, 1.165) is 0 Å². The Bertz CT molecular complexity index is 837. The summed E-state index contributed by atoms with van der Waals surface area (Å²) < 4.78 is 5.28. The number of carbonyl (C=O) groups excluding carboxylic acids is 3. The second-order valence-corrected chi connectivity index (χ2v) is 5.84. The van der Waals surface area contributed by atoms with Gasteiger partial charge in [-0.15, -0.1) is 0 Å². The van der Waals surface area contributed by atoms with Gasteiger partial charge in [-0.2, -0.15) is 0 Å². The van der Waals surface area contributed by atoms with Gasteiger partial charge in [-0.05, 0) is 24.6 Å². The summed E-state index contributed by atoms with van der Waals surface area (Å²) in [6, 6.07) is 14.8. The van der Waals surface area contributed by atoms with Crippen molar-refractivity contribution in [2.45, 2.75) is 13.0 Å². The van der Waals surface area contributed by atoms with Gasteiger partial charge < -0.3 is 10.1 Å². The first-order valence-electron chi connectivity index (χ1n) is 8.28. The summed E-state index contributed by atoms with van der Waals surface area (Å²) in [7, 11) is 0. The Morgan fingerprint density at radius 1 is 1.07 bits per heavy atom. The Morgan fingerprint density at radius 2 is 1.74 bits per heavy atom. The number of esters is 1. The van der Waals surface area contributed by atoms with Crippen LogP contribution >= 0.6 is 11.6 Å². The minimum Gasteiger partial charge on any atom is -0.444 e. The third kappa shape index (κ3) is 6.27. The molecule has 0 bridgehead atoms. The molecule has 140 valence electrons. The molecular formula is C20H19ClN2O4. The zero-order valence-corrected chi connectivity index (χ0v) is 15.4. The molecule has 2 aromatic carbocycles. The monoisotopic (exact) mass is 386 g/mol. The molecular weight excluding hydrogens is 368 g/mol. The first-order valence-corrected chi connectivity index (χ1v) is 8.66. The smallest absolute Gasteiger partial charge is 0.331 e. The topological polar surface area (TPSA) is 84.5 Å². The molecule has 7 heteroatoms. The van der Waals surface area contributed by atoms with Crippen molar-refractivity contribution in [1.82, 2.24) is 10.6 Å². The number of amides is 3. The molecule has 0 radical (unpaired) electrons. The number of halogens is 1. The SMILES string of the molecule is CCNC(=O)NC(=O)[C@@H](OC(=O)/C=C/c1ccccc1Cl)c1ccccc1. The molecule has 0 spiro atoms. The standard InChI is InChI=1S/C20H19ClN2O4/c1-2-22-20(26)23-19(25)18(15-9-4-3-5-10-15)27-17(24)13-12-14-8-6-7-11-16(14)21/h3-13,18H,2H2,1H3,(H2,22,23,25,26)/b13-12+/t18-/m0/s1. The Kier molecular flexibility index (Phi) is 7.58. The van der Waals surface area contributed by atoms with Crippen molar-refractivity contribution in [2.24, 2.45) is 0 Å². The number of urea groups is 1. The van der Waals surface area contributed by atoms with Crippen LogP contribution in [0.25, 0.3) is 6.08 Å². The second kappa shape index (κ2) is 10.1. The van der Waals surface area contributed by atoms with Crippen LogP contribution in [-0.4, -0.2) is 24.5 Å². The van der Waals surface area contributed by atoms with Crippen LogP contribution in [0.3, 0.4) is 0 Å². The first kappa shape index (κ1) is 20.2. The van der Waals surface area contributed by atoms with E-state index in [-0.39, 0.29) is 0 Å². The maximum atomic E-state index is 12.4. The average Bonchev–Trinajstić information content (AvgIpc) is 2.66. The fraction of sp³-hybridized carbons (Fsp3) is 0.150. The normalized spacial score (nSPS) is 11.6. The molecule has 2 N–H and O–H groups in total. The molecule has 0 aliphatic carbocycles. The van der Waals surface area contributed by atoms with Crippen molar-refractivity contribution in [3.05, 3.63) is 76.8 Å². The van der Waals surface area contributed by atoms with Crippen molar-refractivity contribution >= 4 is 35.6 Å². The highest BCUT2D eigenvalue weighted by molar-refractivity contribution is 6.32. The molecule has 0 heterocycles. The van der Waals surface area contributed by atoms with E-state index in [4.69, 9.17) is 16.3 Å². The fourth-order valence-corrected chi connectivity index (χ4v) is 2.41. The molecule has 0 aliphatic rings. The van der Waals surface area contributed by atoms with Crippen LogP contribution in [0.2, 0.25) is 5.02 Å². The van der Waals surface area contributed by atoms with Crippen molar-refractivity contribution in [1.29, 1.82) is 0 Å². The summed E-state index contributed by atoms with van der Waals surface area (Å²) in [5.74, 6) is -1.48. The minimum atomic E-state index is -1.27. The molecule has 0 unspecified atom stereocenters. The van der Waals surface area contributed by atoms with Crippen molar-refractivity contribution in [3.8, 4) is 0 Å². The highest BCUT2D eigenvalue weighted by Gasteiger charge is 2.25. The van der Waals surface area contributed by atoms with Crippen LogP contribution in [0.5, 0.6) is 0 Å². The molecule has 0 saturated carbocycles. The lowest BCUT2D eigenvalue weighted by molar-refractivity contribution is -0.151. The summed E-state index contributed by atoms with van der Waals surface area (Å²) >= 11 is 6.03. The van der Waals surface area contributed by atoms with Crippen molar-refractivity contribution in [2.75, 3.05) is 6.54 Å². The predicted octanol–water partition coefficient (Wildman–Crippen LogP) is 3.48. The summed E-state index contributed by atoms with van der Waals surface area (Å²) in [4.78, 5) is 36.2. The molecule has 0 aliphatic heterocycles. The lowest BCUT2D eigenvalue weighted by Crippen LogP contribution is -2.42. The van der Waals surface area contributed by atoms with Gasteiger partial charge in [-0.3, -0.25) is 10.1 Å². The van der Waals surface area contributed by atoms with Crippen LogP contribution in [0.15, 0.2) is 60.7 Å². The third-order valence-corrected chi connectivity index (χ3v) is 3.80. The van der Waals surface area contributed by atoms with Gasteiger partial charge in [0.25, 0.3) is 5.91 Å². The van der Waals surface area contributed by atoms with Crippen LogP contribution in [0.4, 0.5) is 4.79 Å². The largest absolute Gasteiger partial charge is 0.444 e. The fourth-order valence-electron chi connectivity index (χ4n) is 2.21. The van der Waals surface area contributed by atoms with E-state index in [9.17, 15) is 14.4 Å². The molecule has 3 amide bonds. The lowest BCUT2D eigenvalue weighted by atomic mass is 10.1. The number of nitrogens with one attached hydrogen (secondary N) is 2. The maximum absolute atomic E-state index is 12.4. The van der Waals surface area contributed by atoms with Gasteiger partial charge in [0.2, 0.25) is 6.10 Å². The lowest BCUT2D eigenvalue weighted by Gasteiger charge is -2.16. The first-order chi connectivity index (χ1) is 13.0. The van der Waals surface area contributed by atoms with E-state index >= 15 is 0 Å². The van der Waals surface area contributed by atoms with E-state index in [1.807, 2.05) is 0 Å².